The Morgan fingerprint density at radius 2 is 1.79 bits per heavy atom. The summed E-state index contributed by atoms with van der Waals surface area (Å²) in [6.07, 6.45) is 0.782. The maximum atomic E-state index is 12.6. The molecule has 1 N–H and O–H groups in total. The van der Waals surface area contributed by atoms with Crippen molar-refractivity contribution in [2.45, 2.75) is 20.0 Å². The van der Waals surface area contributed by atoms with Gasteiger partial charge in [-0.05, 0) is 49.8 Å². The summed E-state index contributed by atoms with van der Waals surface area (Å²) in [5, 5.41) is 1.21. The average molecular weight is 380 g/mol. The normalized spacial score (nSPS) is 16.1. The van der Waals surface area contributed by atoms with Gasteiger partial charge in [0.2, 0.25) is 0 Å². The number of carbonyl (C=O) groups excluding carboxylic acids is 3. The van der Waals surface area contributed by atoms with Crippen LogP contribution in [0.5, 0.6) is 5.75 Å². The molecule has 1 saturated heterocycles. The average Bonchev–Trinajstić information content (AvgIpc) is 2.98. The number of para-hydroxylation sites is 1. The summed E-state index contributed by atoms with van der Waals surface area (Å²) >= 11 is 0. The third-order valence-electron chi connectivity index (χ3n) is 4.03. The molecule has 0 saturated carbocycles. The first kappa shape index (κ1) is 19.2. The summed E-state index contributed by atoms with van der Waals surface area (Å²) in [5.41, 5.74) is 3.83. The number of amides is 2. The third kappa shape index (κ3) is 4.20. The van der Waals surface area contributed by atoms with E-state index in [0.29, 0.717) is 17.0 Å². The minimum absolute atomic E-state index is 0.0393. The number of nitrogens with zero attached hydrogens (tertiary/aromatic N) is 1. The number of hydrazine groups is 1. The van der Waals surface area contributed by atoms with Crippen LogP contribution in [0, 0.1) is 0 Å². The SMILES string of the molecule is CCOC(=O)[C@H](C)Oc1ccc(/C=C2/C(=O)NN(c3ccccc3)C2=O)cc1. The van der Waals surface area contributed by atoms with Gasteiger partial charge in [-0.25, -0.2) is 9.80 Å². The lowest BCUT2D eigenvalue weighted by atomic mass is 10.1. The van der Waals surface area contributed by atoms with Crippen LogP contribution < -0.4 is 15.2 Å². The Kier molecular flexibility index (Phi) is 5.74. The predicted octanol–water partition coefficient (Wildman–Crippen LogP) is 2.48. The van der Waals surface area contributed by atoms with Crippen molar-refractivity contribution in [1.29, 1.82) is 0 Å². The fourth-order valence-electron chi connectivity index (χ4n) is 2.64. The van der Waals surface area contributed by atoms with E-state index < -0.39 is 23.9 Å². The molecule has 1 aliphatic heterocycles. The molecule has 1 atom stereocenters. The minimum Gasteiger partial charge on any atom is -0.479 e. The number of anilines is 1. The molecule has 0 aromatic heterocycles. The first-order valence-electron chi connectivity index (χ1n) is 8.85. The van der Waals surface area contributed by atoms with Gasteiger partial charge in [-0.2, -0.15) is 0 Å². The van der Waals surface area contributed by atoms with Gasteiger partial charge in [-0.15, -0.1) is 0 Å². The summed E-state index contributed by atoms with van der Waals surface area (Å²) < 4.78 is 10.4. The predicted molar refractivity (Wildman–Crippen MR) is 103 cm³/mol. The van der Waals surface area contributed by atoms with Crippen molar-refractivity contribution in [3.63, 3.8) is 0 Å². The van der Waals surface area contributed by atoms with Gasteiger partial charge in [0.1, 0.15) is 11.3 Å². The maximum Gasteiger partial charge on any atom is 0.347 e. The van der Waals surface area contributed by atoms with Gasteiger partial charge in [0.15, 0.2) is 6.10 Å². The van der Waals surface area contributed by atoms with E-state index in [4.69, 9.17) is 9.47 Å². The van der Waals surface area contributed by atoms with E-state index >= 15 is 0 Å². The molecule has 2 aromatic carbocycles. The molecule has 3 rings (SSSR count). The van der Waals surface area contributed by atoms with Crippen molar-refractivity contribution in [3.8, 4) is 5.75 Å². The zero-order valence-electron chi connectivity index (χ0n) is 15.5. The van der Waals surface area contributed by atoms with Gasteiger partial charge in [0, 0.05) is 0 Å². The Bertz CT molecular complexity index is 906. The van der Waals surface area contributed by atoms with E-state index in [9.17, 15) is 14.4 Å². The van der Waals surface area contributed by atoms with Crippen molar-refractivity contribution < 1.29 is 23.9 Å². The van der Waals surface area contributed by atoms with Crippen LogP contribution in [-0.2, 0) is 19.1 Å². The van der Waals surface area contributed by atoms with Crippen LogP contribution in [0.25, 0.3) is 6.08 Å². The standard InChI is InChI=1S/C21H20N2O5/c1-3-27-21(26)14(2)28-17-11-9-15(10-12-17)13-18-19(24)22-23(20(18)25)16-7-5-4-6-8-16/h4-14H,3H2,1-2H3,(H,22,24)/b18-13-/t14-/m0/s1. The Morgan fingerprint density at radius 3 is 2.43 bits per heavy atom. The Morgan fingerprint density at radius 1 is 1.11 bits per heavy atom. The number of ether oxygens (including phenoxy) is 2. The molecule has 0 aliphatic carbocycles. The van der Waals surface area contributed by atoms with Crippen LogP contribution in [0.15, 0.2) is 60.2 Å². The van der Waals surface area contributed by atoms with Crippen LogP contribution in [0.3, 0.4) is 0 Å². The molecule has 7 heteroatoms. The van der Waals surface area contributed by atoms with E-state index in [2.05, 4.69) is 5.43 Å². The number of hydrogen-bond donors (Lipinski definition) is 1. The van der Waals surface area contributed by atoms with Gasteiger partial charge in [-0.3, -0.25) is 15.0 Å². The molecule has 1 heterocycles. The largest absolute Gasteiger partial charge is 0.479 e. The molecule has 1 aliphatic rings. The number of hydrogen-bond acceptors (Lipinski definition) is 5. The van der Waals surface area contributed by atoms with Gasteiger partial charge >= 0.3 is 5.97 Å². The highest BCUT2D eigenvalue weighted by Gasteiger charge is 2.34. The number of nitrogens with one attached hydrogen (secondary N) is 1. The molecule has 144 valence electrons. The second-order valence-corrected chi connectivity index (χ2v) is 6.06. The van der Waals surface area contributed by atoms with Crippen LogP contribution in [0.4, 0.5) is 5.69 Å². The zero-order chi connectivity index (χ0) is 20.1. The molecule has 2 aromatic rings. The third-order valence-corrected chi connectivity index (χ3v) is 4.03. The fourth-order valence-corrected chi connectivity index (χ4v) is 2.64. The molecular formula is C21H20N2O5. The second kappa shape index (κ2) is 8.39. The van der Waals surface area contributed by atoms with E-state index in [-0.39, 0.29) is 12.2 Å². The van der Waals surface area contributed by atoms with Crippen LogP contribution in [-0.4, -0.2) is 30.5 Å². The molecule has 2 amide bonds. The molecule has 0 unspecified atom stereocenters. The quantitative estimate of drug-likeness (QED) is 0.473. The van der Waals surface area contributed by atoms with Gasteiger partial charge < -0.3 is 9.47 Å². The lowest BCUT2D eigenvalue weighted by Gasteiger charge is -2.14. The van der Waals surface area contributed by atoms with Crippen molar-refractivity contribution >= 4 is 29.5 Å². The topological polar surface area (TPSA) is 84.9 Å². The van der Waals surface area contributed by atoms with Crippen molar-refractivity contribution in [2.24, 2.45) is 0 Å². The van der Waals surface area contributed by atoms with Crippen LogP contribution in [0.2, 0.25) is 0 Å². The molecule has 7 nitrogen and oxygen atoms in total. The summed E-state index contributed by atoms with van der Waals surface area (Å²) in [6.45, 7) is 3.62. The van der Waals surface area contributed by atoms with Gasteiger partial charge in [-0.1, -0.05) is 30.3 Å². The molecule has 0 radical (unpaired) electrons. The van der Waals surface area contributed by atoms with E-state index in [0.717, 1.165) is 0 Å². The molecule has 1 fully saturated rings. The highest BCUT2D eigenvalue weighted by molar-refractivity contribution is 6.31. The van der Waals surface area contributed by atoms with E-state index in [1.54, 1.807) is 62.4 Å². The summed E-state index contributed by atoms with van der Waals surface area (Å²) in [5.74, 6) is -0.851. The van der Waals surface area contributed by atoms with Gasteiger partial charge in [0.05, 0.1) is 12.3 Å². The number of esters is 1. The maximum absolute atomic E-state index is 12.6. The Balaban J connectivity index is 1.72. The second-order valence-electron chi connectivity index (χ2n) is 6.06. The first-order chi connectivity index (χ1) is 13.5. The molecule has 28 heavy (non-hydrogen) atoms. The van der Waals surface area contributed by atoms with E-state index in [1.165, 1.54) is 11.1 Å². The fraction of sp³-hybridized carbons (Fsp3) is 0.190. The smallest absolute Gasteiger partial charge is 0.347 e. The number of benzene rings is 2. The van der Waals surface area contributed by atoms with E-state index in [1.807, 2.05) is 6.07 Å². The highest BCUT2D eigenvalue weighted by atomic mass is 16.6. The molecular weight excluding hydrogens is 360 g/mol. The minimum atomic E-state index is -0.731. The van der Waals surface area contributed by atoms with Crippen LogP contribution in [0.1, 0.15) is 19.4 Å². The zero-order valence-corrected chi connectivity index (χ0v) is 15.5. The monoisotopic (exact) mass is 380 g/mol. The number of rotatable bonds is 6. The molecule has 0 bridgehead atoms. The Labute approximate surface area is 162 Å². The van der Waals surface area contributed by atoms with Crippen LogP contribution >= 0.6 is 0 Å². The molecule has 0 spiro atoms. The van der Waals surface area contributed by atoms with Crippen molar-refractivity contribution in [3.05, 3.63) is 65.7 Å². The van der Waals surface area contributed by atoms with Gasteiger partial charge in [0.25, 0.3) is 11.8 Å². The summed E-state index contributed by atoms with van der Waals surface area (Å²) in [4.78, 5) is 36.4. The first-order valence-corrected chi connectivity index (χ1v) is 8.85. The van der Waals surface area contributed by atoms with Crippen molar-refractivity contribution in [2.75, 3.05) is 11.6 Å². The lowest BCUT2D eigenvalue weighted by molar-refractivity contribution is -0.150. The number of carbonyl (C=O) groups is 3. The highest BCUT2D eigenvalue weighted by Crippen LogP contribution is 2.22. The summed E-state index contributed by atoms with van der Waals surface area (Å²) in [6, 6.07) is 15.6. The van der Waals surface area contributed by atoms with Crippen molar-refractivity contribution in [1.82, 2.24) is 5.43 Å². The summed E-state index contributed by atoms with van der Waals surface area (Å²) in [7, 11) is 0. The lowest BCUT2D eigenvalue weighted by Crippen LogP contribution is -2.35. The Hall–Kier alpha value is -3.61.